The van der Waals surface area contributed by atoms with E-state index in [1.807, 2.05) is 0 Å². The number of nitrogens with zero attached hydrogens (tertiary/aromatic N) is 1. The molecule has 1 aliphatic rings. The lowest BCUT2D eigenvalue weighted by Gasteiger charge is -2.27. The monoisotopic (exact) mass is 577 g/mol. The topological polar surface area (TPSA) is 113 Å². The average Bonchev–Trinajstić information content (AvgIpc) is 3.13. The zero-order valence-corrected chi connectivity index (χ0v) is 20.7. The Morgan fingerprint density at radius 1 is 1.03 bits per heavy atom. The van der Waals surface area contributed by atoms with E-state index in [2.05, 4.69) is 5.32 Å². The number of alkyl halides is 3. The highest BCUT2D eigenvalue weighted by Gasteiger charge is 2.36. The maximum Gasteiger partial charge on any atom is 0.416 e. The summed E-state index contributed by atoms with van der Waals surface area (Å²) >= 11 is 12.1. The van der Waals surface area contributed by atoms with E-state index in [-0.39, 0.29) is 42.5 Å². The Balaban J connectivity index is 1.50. The molecule has 2 N–H and O–H groups in total. The molecule has 15 heteroatoms. The lowest BCUT2D eigenvalue weighted by atomic mass is 9.95. The summed E-state index contributed by atoms with van der Waals surface area (Å²) in [5, 5.41) is 2.29. The van der Waals surface area contributed by atoms with Crippen LogP contribution in [0.15, 0.2) is 52.7 Å². The van der Waals surface area contributed by atoms with E-state index in [9.17, 15) is 36.0 Å². The van der Waals surface area contributed by atoms with Crippen molar-refractivity contribution in [1.29, 1.82) is 0 Å². The zero-order valence-electron chi connectivity index (χ0n) is 17.5. The van der Waals surface area contributed by atoms with Crippen molar-refractivity contribution in [1.82, 2.24) is 4.72 Å². The van der Waals surface area contributed by atoms with Crippen LogP contribution in [-0.2, 0) is 27.4 Å². The number of rotatable bonds is 4. The third-order valence-corrected chi connectivity index (χ3v) is 8.63. The van der Waals surface area contributed by atoms with Crippen LogP contribution in [0.3, 0.4) is 0 Å². The average molecular weight is 578 g/mol. The molecule has 3 aromatic rings. The Morgan fingerprint density at radius 3 is 2.28 bits per heavy atom. The second-order valence-electron chi connectivity index (χ2n) is 7.37. The van der Waals surface area contributed by atoms with E-state index < -0.39 is 39.6 Å². The number of nitrogens with one attached hydrogen (secondary N) is 2. The van der Waals surface area contributed by atoms with Gasteiger partial charge in [-0.1, -0.05) is 29.3 Å². The van der Waals surface area contributed by atoms with Gasteiger partial charge in [-0.25, -0.2) is 22.8 Å². The summed E-state index contributed by atoms with van der Waals surface area (Å²) in [5.74, 6) is -1.57. The van der Waals surface area contributed by atoms with Crippen molar-refractivity contribution in [3.63, 3.8) is 0 Å². The molecule has 36 heavy (non-hydrogen) atoms. The van der Waals surface area contributed by atoms with E-state index in [0.29, 0.717) is 17.4 Å². The minimum atomic E-state index is -4.66. The van der Waals surface area contributed by atoms with Gasteiger partial charge in [0.15, 0.2) is 0 Å². The molecular formula is C21H12Cl2F3N3O5S2. The number of sulfonamides is 1. The summed E-state index contributed by atoms with van der Waals surface area (Å²) < 4.78 is 65.3. The fourth-order valence-electron chi connectivity index (χ4n) is 3.32. The van der Waals surface area contributed by atoms with Crippen LogP contribution in [0.4, 0.5) is 29.3 Å². The molecule has 0 saturated heterocycles. The minimum absolute atomic E-state index is 0.0112. The van der Waals surface area contributed by atoms with Gasteiger partial charge in [-0.05, 0) is 48.0 Å². The van der Waals surface area contributed by atoms with E-state index in [1.54, 1.807) is 4.72 Å². The molecule has 0 spiro atoms. The Morgan fingerprint density at radius 2 is 1.69 bits per heavy atom. The lowest BCUT2D eigenvalue weighted by molar-refractivity contribution is -0.137. The second-order valence-corrected chi connectivity index (χ2v) is 11.3. The number of hydrogen-bond acceptors (Lipinski definition) is 6. The molecule has 0 radical (unpaired) electrons. The first kappa shape index (κ1) is 25.9. The van der Waals surface area contributed by atoms with Gasteiger partial charge in [0, 0.05) is 11.3 Å². The summed E-state index contributed by atoms with van der Waals surface area (Å²) in [6, 6.07) is 7.69. The van der Waals surface area contributed by atoms with Crippen LogP contribution in [0.1, 0.15) is 21.5 Å². The maximum absolute atomic E-state index is 13.1. The second kappa shape index (κ2) is 9.39. The normalized spacial score (nSPS) is 14.0. The van der Waals surface area contributed by atoms with Crippen molar-refractivity contribution >= 4 is 73.8 Å². The smallest absolute Gasteiger partial charge is 0.307 e. The lowest BCUT2D eigenvalue weighted by Crippen LogP contribution is -2.42. The number of fused-ring (bicyclic) bond motifs is 1. The largest absolute Gasteiger partial charge is 0.416 e. The summed E-state index contributed by atoms with van der Waals surface area (Å²) in [6.07, 6.45) is -4.94. The number of halogens is 5. The first-order chi connectivity index (χ1) is 16.8. The molecule has 4 amide bonds. The van der Waals surface area contributed by atoms with Crippen molar-refractivity contribution in [2.45, 2.75) is 16.8 Å². The van der Waals surface area contributed by atoms with Gasteiger partial charge in [-0.15, -0.1) is 11.3 Å². The van der Waals surface area contributed by atoms with Crippen LogP contribution < -0.4 is 14.9 Å². The van der Waals surface area contributed by atoms with Crippen LogP contribution in [0, 0.1) is 0 Å². The molecule has 4 rings (SSSR count). The van der Waals surface area contributed by atoms with E-state index >= 15 is 0 Å². The summed E-state index contributed by atoms with van der Waals surface area (Å²) in [7, 11) is -4.25. The fourth-order valence-corrected chi connectivity index (χ4v) is 6.11. The predicted molar refractivity (Wildman–Crippen MR) is 127 cm³/mol. The molecule has 8 nitrogen and oxygen atoms in total. The number of thiophene rings is 1. The van der Waals surface area contributed by atoms with E-state index in [0.717, 1.165) is 23.1 Å². The Bertz CT molecular complexity index is 1490. The van der Waals surface area contributed by atoms with Gasteiger partial charge in [-0.3, -0.25) is 9.59 Å². The molecule has 0 aliphatic carbocycles. The van der Waals surface area contributed by atoms with Gasteiger partial charge in [0.25, 0.3) is 15.9 Å². The minimum Gasteiger partial charge on any atom is -0.307 e. The zero-order chi connectivity index (χ0) is 26.4. The summed E-state index contributed by atoms with van der Waals surface area (Å²) in [5.41, 5.74) is -0.930. The highest BCUT2D eigenvalue weighted by Crippen LogP contribution is 2.35. The molecular weight excluding hydrogens is 566 g/mol. The van der Waals surface area contributed by atoms with Crippen molar-refractivity contribution in [2.75, 3.05) is 10.2 Å². The van der Waals surface area contributed by atoms with Gasteiger partial charge < -0.3 is 5.32 Å². The Labute approximate surface area is 215 Å². The van der Waals surface area contributed by atoms with Gasteiger partial charge in [-0.2, -0.15) is 13.2 Å². The molecule has 1 aromatic heterocycles. The molecule has 0 bridgehead atoms. The summed E-state index contributed by atoms with van der Waals surface area (Å²) in [6.45, 7) is 0. The number of carbonyl (C=O) groups excluding carboxylic acids is 3. The third kappa shape index (κ3) is 5.19. The highest BCUT2D eigenvalue weighted by atomic mass is 35.5. The number of imide groups is 1. The molecule has 0 unspecified atom stereocenters. The van der Waals surface area contributed by atoms with E-state index in [4.69, 9.17) is 23.2 Å². The predicted octanol–water partition coefficient (Wildman–Crippen LogP) is 5.31. The van der Waals surface area contributed by atoms with Crippen LogP contribution in [-0.4, -0.2) is 26.3 Å². The highest BCUT2D eigenvalue weighted by molar-refractivity contribution is 7.92. The van der Waals surface area contributed by atoms with Crippen LogP contribution >= 0.6 is 34.5 Å². The molecule has 188 valence electrons. The van der Waals surface area contributed by atoms with Gasteiger partial charge in [0.05, 0.1) is 22.7 Å². The molecule has 0 fully saturated rings. The van der Waals surface area contributed by atoms with Crippen molar-refractivity contribution in [3.8, 4) is 0 Å². The Hall–Kier alpha value is -3.13. The SMILES string of the molecule is O=C(Nc1ccc(N2C(=O)Cc3ccc(C(F)(F)F)cc3C2=O)cc1)NS(=O)(=O)c1cc(Cl)c(Cl)s1. The molecule has 1 aliphatic heterocycles. The van der Waals surface area contributed by atoms with Crippen LogP contribution in [0.25, 0.3) is 0 Å². The quantitative estimate of drug-likeness (QED) is 0.408. The van der Waals surface area contributed by atoms with Crippen molar-refractivity contribution in [3.05, 3.63) is 74.6 Å². The van der Waals surface area contributed by atoms with Crippen LogP contribution in [0.5, 0.6) is 0 Å². The number of amides is 4. The summed E-state index contributed by atoms with van der Waals surface area (Å²) in [4.78, 5) is 38.3. The number of benzene rings is 2. The number of anilines is 2. The Kier molecular flexibility index (Phi) is 6.77. The standard InChI is InChI=1S/C21H12Cl2F3N3O5S2/c22-15-9-17(35-18(15)23)36(33,34)28-20(32)27-12-3-5-13(6-4-12)29-16(30)7-10-1-2-11(21(24,25)26)8-14(10)19(29)31/h1-6,8-9H,7H2,(H2,27,28,32). The van der Waals surface area contributed by atoms with Crippen molar-refractivity contribution < 1.29 is 36.0 Å². The maximum atomic E-state index is 13.1. The van der Waals surface area contributed by atoms with Gasteiger partial charge in [0.2, 0.25) is 5.91 Å². The van der Waals surface area contributed by atoms with E-state index in [1.165, 1.54) is 24.3 Å². The van der Waals surface area contributed by atoms with Crippen LogP contribution in [0.2, 0.25) is 9.36 Å². The van der Waals surface area contributed by atoms with Crippen molar-refractivity contribution in [2.24, 2.45) is 0 Å². The third-order valence-electron chi connectivity index (χ3n) is 4.96. The number of hydrogen-bond donors (Lipinski definition) is 2. The van der Waals surface area contributed by atoms with Gasteiger partial charge in [0.1, 0.15) is 8.55 Å². The molecule has 0 saturated carbocycles. The number of carbonyl (C=O) groups is 3. The molecule has 2 aromatic carbocycles. The first-order valence-electron chi connectivity index (χ1n) is 9.72. The fraction of sp³-hybridized carbons (Fsp3) is 0.0952. The van der Waals surface area contributed by atoms with Gasteiger partial charge >= 0.3 is 12.2 Å². The molecule has 2 heterocycles. The first-order valence-corrected chi connectivity index (χ1v) is 12.8. The number of urea groups is 1. The molecule has 0 atom stereocenters.